The van der Waals surface area contributed by atoms with Crippen molar-refractivity contribution in [1.29, 1.82) is 0 Å². The van der Waals surface area contributed by atoms with Crippen LogP contribution in [-0.4, -0.2) is 55.4 Å². The number of piperazine rings is 1. The van der Waals surface area contributed by atoms with Gasteiger partial charge in [-0.25, -0.2) is 0 Å². The van der Waals surface area contributed by atoms with Crippen LogP contribution in [0.25, 0.3) is 0 Å². The van der Waals surface area contributed by atoms with Crippen LogP contribution in [0, 0.1) is 20.8 Å². The lowest BCUT2D eigenvalue weighted by atomic mass is 10.1. The molecule has 1 fully saturated rings. The van der Waals surface area contributed by atoms with Gasteiger partial charge in [0.15, 0.2) is 0 Å². The van der Waals surface area contributed by atoms with Crippen LogP contribution in [0.15, 0.2) is 36.4 Å². The summed E-state index contributed by atoms with van der Waals surface area (Å²) < 4.78 is 5.76. The summed E-state index contributed by atoms with van der Waals surface area (Å²) in [6, 6.07) is 12.1. The fraction of sp³-hybridized carbons (Fsp3) is 0.455. The van der Waals surface area contributed by atoms with Gasteiger partial charge in [0.1, 0.15) is 18.5 Å². The first kappa shape index (κ1) is 20.0. The molecule has 0 aromatic heterocycles. The van der Waals surface area contributed by atoms with Crippen molar-refractivity contribution in [2.75, 3.05) is 44.2 Å². The van der Waals surface area contributed by atoms with Crippen molar-refractivity contribution in [2.24, 2.45) is 0 Å². The van der Waals surface area contributed by atoms with Gasteiger partial charge in [0.05, 0.1) is 0 Å². The molecule has 4 nitrogen and oxygen atoms in total. The van der Waals surface area contributed by atoms with Crippen LogP contribution in [-0.2, 0) is 0 Å². The van der Waals surface area contributed by atoms with Gasteiger partial charge < -0.3 is 14.7 Å². The molecule has 0 unspecified atom stereocenters. The highest BCUT2D eigenvalue weighted by atomic mass is 35.5. The number of aliphatic hydroxyl groups excluding tert-OH is 1. The summed E-state index contributed by atoms with van der Waals surface area (Å²) in [5, 5.41) is 11.1. The summed E-state index contributed by atoms with van der Waals surface area (Å²) >= 11 is 6.15. The first-order chi connectivity index (χ1) is 12.9. The van der Waals surface area contributed by atoms with Crippen LogP contribution in [0.4, 0.5) is 5.69 Å². The van der Waals surface area contributed by atoms with Gasteiger partial charge in [-0.05, 0) is 61.7 Å². The van der Waals surface area contributed by atoms with Gasteiger partial charge in [-0.1, -0.05) is 23.7 Å². The second kappa shape index (κ2) is 8.96. The highest BCUT2D eigenvalue weighted by molar-refractivity contribution is 6.30. The smallest absolute Gasteiger partial charge is 0.119 e. The predicted octanol–water partition coefficient (Wildman–Crippen LogP) is 3.83. The van der Waals surface area contributed by atoms with E-state index in [0.717, 1.165) is 37.0 Å². The topological polar surface area (TPSA) is 35.9 Å². The van der Waals surface area contributed by atoms with E-state index in [-0.39, 0.29) is 0 Å². The fourth-order valence-electron chi connectivity index (χ4n) is 3.44. The van der Waals surface area contributed by atoms with E-state index >= 15 is 0 Å². The number of nitrogens with zero attached hydrogens (tertiary/aromatic N) is 2. The molecule has 1 aliphatic heterocycles. The first-order valence-electron chi connectivity index (χ1n) is 9.54. The minimum atomic E-state index is -0.494. The average Bonchev–Trinajstić information content (AvgIpc) is 2.65. The molecule has 0 bridgehead atoms. The molecule has 0 radical (unpaired) electrons. The molecule has 2 aromatic carbocycles. The molecule has 1 heterocycles. The minimum absolute atomic E-state index is 0.316. The monoisotopic (exact) mass is 388 g/mol. The third kappa shape index (κ3) is 5.38. The molecule has 0 amide bonds. The van der Waals surface area contributed by atoms with Gasteiger partial charge in [-0.2, -0.15) is 0 Å². The van der Waals surface area contributed by atoms with E-state index in [1.807, 2.05) is 30.3 Å². The number of halogens is 1. The Balaban J connectivity index is 1.45. The van der Waals surface area contributed by atoms with Crippen molar-refractivity contribution >= 4 is 17.3 Å². The van der Waals surface area contributed by atoms with E-state index in [9.17, 15) is 5.11 Å². The number of ether oxygens (including phenoxy) is 1. The second-order valence-corrected chi connectivity index (χ2v) is 7.87. The third-order valence-electron chi connectivity index (χ3n) is 5.27. The summed E-state index contributed by atoms with van der Waals surface area (Å²) in [5.74, 6) is 0.818. The van der Waals surface area contributed by atoms with E-state index in [4.69, 9.17) is 16.3 Å². The summed E-state index contributed by atoms with van der Waals surface area (Å²) in [7, 11) is 0. The van der Waals surface area contributed by atoms with E-state index < -0.39 is 6.10 Å². The van der Waals surface area contributed by atoms with E-state index in [0.29, 0.717) is 13.2 Å². The molecule has 5 heteroatoms. The van der Waals surface area contributed by atoms with Gasteiger partial charge in [0, 0.05) is 43.4 Å². The van der Waals surface area contributed by atoms with Crippen LogP contribution >= 0.6 is 11.6 Å². The zero-order chi connectivity index (χ0) is 19.4. The van der Waals surface area contributed by atoms with E-state index in [1.165, 1.54) is 22.4 Å². The lowest BCUT2D eigenvalue weighted by molar-refractivity contribution is 0.0663. The van der Waals surface area contributed by atoms with Crippen LogP contribution in [0.3, 0.4) is 0 Å². The Morgan fingerprint density at radius 1 is 0.963 bits per heavy atom. The summed E-state index contributed by atoms with van der Waals surface area (Å²) in [5.41, 5.74) is 4.90. The van der Waals surface area contributed by atoms with Crippen LogP contribution in [0.5, 0.6) is 5.75 Å². The number of hydrogen-bond acceptors (Lipinski definition) is 4. The van der Waals surface area contributed by atoms with Crippen molar-refractivity contribution < 1.29 is 9.84 Å². The zero-order valence-electron chi connectivity index (χ0n) is 16.4. The Labute approximate surface area is 167 Å². The Hall–Kier alpha value is -1.75. The van der Waals surface area contributed by atoms with Crippen molar-refractivity contribution in [3.63, 3.8) is 0 Å². The summed E-state index contributed by atoms with van der Waals surface area (Å²) in [4.78, 5) is 4.67. The van der Waals surface area contributed by atoms with Crippen LogP contribution < -0.4 is 9.64 Å². The maximum absolute atomic E-state index is 10.4. The summed E-state index contributed by atoms with van der Waals surface area (Å²) in [6.07, 6.45) is -0.494. The molecule has 27 heavy (non-hydrogen) atoms. The second-order valence-electron chi connectivity index (χ2n) is 7.43. The molecule has 1 saturated heterocycles. The van der Waals surface area contributed by atoms with Gasteiger partial charge in [-0.15, -0.1) is 0 Å². The molecule has 0 aliphatic carbocycles. The van der Waals surface area contributed by atoms with E-state index in [1.54, 1.807) is 0 Å². The molecule has 1 atom stereocenters. The maximum Gasteiger partial charge on any atom is 0.119 e. The number of β-amino-alcohol motifs (C(OH)–C–C–N with tert-alkyl or cyclic N) is 1. The minimum Gasteiger partial charge on any atom is -0.491 e. The van der Waals surface area contributed by atoms with Crippen molar-refractivity contribution in [1.82, 2.24) is 4.90 Å². The SMILES string of the molecule is Cc1ccc(OC[C@@H](O)CN2CCN(c3cc(Cl)ccc3C)CC2)cc1C. The van der Waals surface area contributed by atoms with Gasteiger partial charge in [-0.3, -0.25) is 4.90 Å². The van der Waals surface area contributed by atoms with Crippen LogP contribution in [0.2, 0.25) is 5.02 Å². The number of anilines is 1. The largest absolute Gasteiger partial charge is 0.491 e. The highest BCUT2D eigenvalue weighted by Crippen LogP contribution is 2.25. The Bertz CT molecular complexity index is 773. The lowest BCUT2D eigenvalue weighted by Gasteiger charge is -2.37. The molecule has 1 N–H and O–H groups in total. The molecule has 146 valence electrons. The average molecular weight is 389 g/mol. The number of aliphatic hydroxyl groups is 1. The summed E-state index contributed by atoms with van der Waals surface area (Å²) in [6.45, 7) is 10.9. The molecule has 2 aromatic rings. The van der Waals surface area contributed by atoms with E-state index in [2.05, 4.69) is 36.6 Å². The molecule has 1 aliphatic rings. The molecular formula is C22H29ClN2O2. The third-order valence-corrected chi connectivity index (χ3v) is 5.51. The molecular weight excluding hydrogens is 360 g/mol. The molecule has 0 saturated carbocycles. The lowest BCUT2D eigenvalue weighted by Crippen LogP contribution is -2.49. The van der Waals surface area contributed by atoms with Gasteiger partial charge in [0.25, 0.3) is 0 Å². The standard InChI is InChI=1S/C22H29ClN2O2/c1-16-5-7-21(12-18(16)3)27-15-20(26)14-24-8-10-25(11-9-24)22-13-19(23)6-4-17(22)2/h4-7,12-13,20,26H,8-11,14-15H2,1-3H3/t20-/m0/s1. The number of benzene rings is 2. The highest BCUT2D eigenvalue weighted by Gasteiger charge is 2.21. The fourth-order valence-corrected chi connectivity index (χ4v) is 3.61. The van der Waals surface area contributed by atoms with Crippen molar-refractivity contribution in [2.45, 2.75) is 26.9 Å². The number of hydrogen-bond donors (Lipinski definition) is 1. The van der Waals surface area contributed by atoms with Gasteiger partial charge in [0.2, 0.25) is 0 Å². The Morgan fingerprint density at radius 3 is 2.37 bits per heavy atom. The quantitative estimate of drug-likeness (QED) is 0.815. The molecule has 0 spiro atoms. The normalized spacial score (nSPS) is 16.4. The molecule has 3 rings (SSSR count). The predicted molar refractivity (Wildman–Crippen MR) is 112 cm³/mol. The Kier molecular flexibility index (Phi) is 6.64. The van der Waals surface area contributed by atoms with Gasteiger partial charge >= 0.3 is 0 Å². The zero-order valence-corrected chi connectivity index (χ0v) is 17.2. The first-order valence-corrected chi connectivity index (χ1v) is 9.92. The number of rotatable bonds is 6. The van der Waals surface area contributed by atoms with Crippen LogP contribution in [0.1, 0.15) is 16.7 Å². The number of aryl methyl sites for hydroxylation is 3. The van der Waals surface area contributed by atoms with Crippen molar-refractivity contribution in [3.05, 3.63) is 58.1 Å². The van der Waals surface area contributed by atoms with Crippen molar-refractivity contribution in [3.8, 4) is 5.75 Å². The maximum atomic E-state index is 10.4. The Morgan fingerprint density at radius 2 is 1.67 bits per heavy atom.